The second-order valence-electron chi connectivity index (χ2n) is 5.43. The Morgan fingerprint density at radius 3 is 1.36 bits per heavy atom. The van der Waals surface area contributed by atoms with Gasteiger partial charge in [-0.25, -0.2) is 15.0 Å². The highest BCUT2D eigenvalue weighted by atomic mass is 14.8. The Kier molecular flexibility index (Phi) is 2.22. The minimum absolute atomic E-state index is 0.883. The van der Waals surface area contributed by atoms with Gasteiger partial charge in [0.15, 0.2) is 0 Å². The molecule has 0 fully saturated rings. The van der Waals surface area contributed by atoms with Crippen LogP contribution >= 0.6 is 0 Å². The third-order valence-corrected chi connectivity index (χ3v) is 3.98. The van der Waals surface area contributed by atoms with Gasteiger partial charge in [-0.3, -0.25) is 0 Å². The number of fused-ring (bicyclic) bond motifs is 4. The van der Waals surface area contributed by atoms with Crippen molar-refractivity contribution in [2.45, 2.75) is 0 Å². The topological polar surface area (TPSA) is 38.7 Å². The van der Waals surface area contributed by atoms with Crippen molar-refractivity contribution < 1.29 is 0 Å². The van der Waals surface area contributed by atoms with Gasteiger partial charge in [0.25, 0.3) is 0 Å². The predicted octanol–water partition coefficient (Wildman–Crippen LogP) is 4.48. The Bertz CT molecular complexity index is 995. The fourth-order valence-corrected chi connectivity index (χ4v) is 2.89. The molecule has 0 saturated heterocycles. The molecule has 0 bridgehead atoms. The maximum atomic E-state index is 4.75. The Hall–Kier alpha value is -3.07. The summed E-state index contributed by atoms with van der Waals surface area (Å²) in [7, 11) is 0. The zero-order valence-corrected chi connectivity index (χ0v) is 11.7. The van der Waals surface area contributed by atoms with E-state index in [1.807, 2.05) is 42.5 Å². The van der Waals surface area contributed by atoms with Crippen LogP contribution in [0.3, 0.4) is 0 Å². The lowest BCUT2D eigenvalue weighted by atomic mass is 10.1. The van der Waals surface area contributed by atoms with E-state index in [-0.39, 0.29) is 0 Å². The van der Waals surface area contributed by atoms with Crippen molar-refractivity contribution in [1.82, 2.24) is 15.0 Å². The Morgan fingerprint density at radius 2 is 0.818 bits per heavy atom. The van der Waals surface area contributed by atoms with Gasteiger partial charge in [-0.1, -0.05) is 36.4 Å². The molecular formula is C19H11N3. The molecule has 5 rings (SSSR count). The van der Waals surface area contributed by atoms with Crippen LogP contribution in [0, 0.1) is 0 Å². The summed E-state index contributed by atoms with van der Waals surface area (Å²) in [6.45, 7) is 0. The highest BCUT2D eigenvalue weighted by molar-refractivity contribution is 5.98. The Labute approximate surface area is 126 Å². The van der Waals surface area contributed by atoms with Gasteiger partial charge in [-0.05, 0) is 30.3 Å². The highest BCUT2D eigenvalue weighted by Crippen LogP contribution is 2.23. The van der Waals surface area contributed by atoms with E-state index in [9.17, 15) is 0 Å². The molecule has 0 spiro atoms. The van der Waals surface area contributed by atoms with E-state index >= 15 is 0 Å². The van der Waals surface area contributed by atoms with Gasteiger partial charge in [0, 0.05) is 10.8 Å². The Morgan fingerprint density at radius 1 is 0.409 bits per heavy atom. The Balaban J connectivity index is 1.93. The average molecular weight is 281 g/mol. The number of hydrogen-bond donors (Lipinski definition) is 0. The third kappa shape index (κ3) is 1.66. The molecule has 0 aliphatic rings. The molecular weight excluding hydrogens is 270 g/mol. The molecule has 0 amide bonds. The van der Waals surface area contributed by atoms with E-state index < -0.39 is 0 Å². The summed E-state index contributed by atoms with van der Waals surface area (Å²) in [5.74, 6) is 0. The van der Waals surface area contributed by atoms with Crippen LogP contribution in [0.15, 0.2) is 66.7 Å². The first-order chi connectivity index (χ1) is 10.9. The van der Waals surface area contributed by atoms with Crippen LogP contribution in [-0.4, -0.2) is 15.0 Å². The summed E-state index contributed by atoms with van der Waals surface area (Å²) >= 11 is 0. The minimum atomic E-state index is 0.883. The maximum absolute atomic E-state index is 4.75. The second-order valence-corrected chi connectivity index (χ2v) is 5.43. The van der Waals surface area contributed by atoms with E-state index in [1.165, 1.54) is 0 Å². The summed E-state index contributed by atoms with van der Waals surface area (Å²) in [4.78, 5) is 14.2. The van der Waals surface area contributed by atoms with Gasteiger partial charge < -0.3 is 0 Å². The SMILES string of the molecule is c1ccc2nc3cc4nc5ccccc5cc4nc3cc2c1. The maximum Gasteiger partial charge on any atom is 0.0916 e. The molecule has 3 heteroatoms. The number of hydrogen-bond acceptors (Lipinski definition) is 3. The first-order valence-corrected chi connectivity index (χ1v) is 7.23. The first kappa shape index (κ1) is 11.6. The van der Waals surface area contributed by atoms with Crippen LogP contribution in [0.4, 0.5) is 0 Å². The molecule has 5 aromatic rings. The fraction of sp³-hybridized carbons (Fsp3) is 0. The lowest BCUT2D eigenvalue weighted by molar-refractivity contribution is 1.40. The van der Waals surface area contributed by atoms with Gasteiger partial charge in [0.1, 0.15) is 0 Å². The van der Waals surface area contributed by atoms with E-state index in [4.69, 9.17) is 15.0 Å². The lowest BCUT2D eigenvalue weighted by Gasteiger charge is -2.04. The molecule has 0 atom stereocenters. The number of nitrogens with zero attached hydrogens (tertiary/aromatic N) is 3. The van der Waals surface area contributed by atoms with Crippen molar-refractivity contribution in [3.63, 3.8) is 0 Å². The number of aromatic nitrogens is 3. The molecule has 0 aliphatic carbocycles. The summed E-state index contributed by atoms with van der Waals surface area (Å²) in [6.07, 6.45) is 0. The van der Waals surface area contributed by atoms with Crippen LogP contribution in [0.2, 0.25) is 0 Å². The molecule has 3 nitrogen and oxygen atoms in total. The summed E-state index contributed by atoms with van der Waals surface area (Å²) in [5.41, 5.74) is 5.54. The van der Waals surface area contributed by atoms with Gasteiger partial charge >= 0.3 is 0 Å². The third-order valence-electron chi connectivity index (χ3n) is 3.98. The number of benzene rings is 2. The molecule has 0 aliphatic heterocycles. The van der Waals surface area contributed by atoms with Crippen LogP contribution in [0.25, 0.3) is 43.9 Å². The number of para-hydroxylation sites is 2. The average Bonchev–Trinajstić information content (AvgIpc) is 2.56. The highest BCUT2D eigenvalue weighted by Gasteiger charge is 2.06. The molecule has 0 radical (unpaired) electrons. The van der Waals surface area contributed by atoms with Gasteiger partial charge in [0.2, 0.25) is 0 Å². The molecule has 3 aromatic heterocycles. The van der Waals surface area contributed by atoms with E-state index in [0.29, 0.717) is 0 Å². The smallest absolute Gasteiger partial charge is 0.0916 e. The van der Waals surface area contributed by atoms with E-state index in [0.717, 1.165) is 43.9 Å². The van der Waals surface area contributed by atoms with Crippen molar-refractivity contribution in [2.75, 3.05) is 0 Å². The summed E-state index contributed by atoms with van der Waals surface area (Å²) in [5, 5.41) is 2.21. The van der Waals surface area contributed by atoms with Crippen LogP contribution in [-0.2, 0) is 0 Å². The van der Waals surface area contributed by atoms with Crippen molar-refractivity contribution >= 4 is 43.9 Å². The standard InChI is InChI=1S/C19H11N3/c1-3-7-14-12(5-1)9-16-18(20-14)11-19-17(22-16)10-13-6-2-4-8-15(13)21-19/h1-11H. The van der Waals surface area contributed by atoms with Crippen molar-refractivity contribution in [1.29, 1.82) is 0 Å². The second kappa shape index (κ2) is 4.21. The predicted molar refractivity (Wildman–Crippen MR) is 89.9 cm³/mol. The van der Waals surface area contributed by atoms with E-state index in [1.54, 1.807) is 0 Å². The summed E-state index contributed by atoms with van der Waals surface area (Å²) in [6, 6.07) is 22.4. The first-order valence-electron chi connectivity index (χ1n) is 7.23. The minimum Gasteiger partial charge on any atom is -0.246 e. The van der Waals surface area contributed by atoms with Crippen LogP contribution in [0.5, 0.6) is 0 Å². The van der Waals surface area contributed by atoms with Crippen molar-refractivity contribution in [3.8, 4) is 0 Å². The van der Waals surface area contributed by atoms with Crippen molar-refractivity contribution in [3.05, 3.63) is 66.7 Å². The largest absolute Gasteiger partial charge is 0.246 e. The quantitative estimate of drug-likeness (QED) is 0.393. The molecule has 2 aromatic carbocycles. The zero-order valence-electron chi connectivity index (χ0n) is 11.7. The molecule has 0 saturated carbocycles. The fourth-order valence-electron chi connectivity index (χ4n) is 2.89. The molecule has 0 N–H and O–H groups in total. The molecule has 0 unspecified atom stereocenters. The van der Waals surface area contributed by atoms with Gasteiger partial charge in [-0.2, -0.15) is 0 Å². The number of pyridine rings is 3. The van der Waals surface area contributed by atoms with Gasteiger partial charge in [-0.15, -0.1) is 0 Å². The van der Waals surface area contributed by atoms with Crippen molar-refractivity contribution in [2.24, 2.45) is 0 Å². The van der Waals surface area contributed by atoms with Gasteiger partial charge in [0.05, 0.1) is 33.1 Å². The normalized spacial score (nSPS) is 11.6. The lowest BCUT2D eigenvalue weighted by Crippen LogP contribution is -1.89. The number of rotatable bonds is 0. The zero-order chi connectivity index (χ0) is 14.5. The van der Waals surface area contributed by atoms with Crippen LogP contribution in [0.1, 0.15) is 0 Å². The molecule has 102 valence electrons. The van der Waals surface area contributed by atoms with Crippen LogP contribution < -0.4 is 0 Å². The molecule has 22 heavy (non-hydrogen) atoms. The molecule has 3 heterocycles. The van der Waals surface area contributed by atoms with E-state index in [2.05, 4.69) is 24.3 Å². The monoisotopic (exact) mass is 281 g/mol. The summed E-state index contributed by atoms with van der Waals surface area (Å²) < 4.78 is 0.